The summed E-state index contributed by atoms with van der Waals surface area (Å²) >= 11 is 0. The topological polar surface area (TPSA) is 56.1 Å². The molecule has 0 saturated carbocycles. The van der Waals surface area contributed by atoms with E-state index in [4.69, 9.17) is 4.74 Å². The fraction of sp³-hybridized carbons (Fsp3) is 0.533. The van der Waals surface area contributed by atoms with Crippen LogP contribution in [0.1, 0.15) is 12.5 Å². The predicted molar refractivity (Wildman–Crippen MR) is 79.8 cm³/mol. The van der Waals surface area contributed by atoms with E-state index >= 15 is 0 Å². The Morgan fingerprint density at radius 2 is 2.23 bits per heavy atom. The number of ether oxygens (including phenoxy) is 1. The number of rotatable bonds is 4. The molecular formula is C15H20FN5O. The van der Waals surface area contributed by atoms with E-state index in [1.807, 2.05) is 0 Å². The maximum atomic E-state index is 13.3. The van der Waals surface area contributed by atoms with Gasteiger partial charge in [0.25, 0.3) is 0 Å². The molecule has 1 unspecified atom stereocenters. The van der Waals surface area contributed by atoms with Gasteiger partial charge in [0.2, 0.25) is 5.82 Å². The van der Waals surface area contributed by atoms with E-state index in [0.29, 0.717) is 17.9 Å². The van der Waals surface area contributed by atoms with E-state index in [-0.39, 0.29) is 11.9 Å². The molecule has 1 saturated heterocycles. The second-order valence-electron chi connectivity index (χ2n) is 5.65. The fourth-order valence-electron chi connectivity index (χ4n) is 2.56. The minimum Gasteiger partial charge on any atom is -0.376 e. The number of hydrogen-bond donors (Lipinski definition) is 0. The Bertz CT molecular complexity index is 645. The third-order valence-corrected chi connectivity index (χ3v) is 3.81. The Morgan fingerprint density at radius 1 is 1.36 bits per heavy atom. The monoisotopic (exact) mass is 305 g/mol. The summed E-state index contributed by atoms with van der Waals surface area (Å²) in [5.74, 6) is 0.302. The largest absolute Gasteiger partial charge is 0.376 e. The zero-order chi connectivity index (χ0) is 15.5. The van der Waals surface area contributed by atoms with Crippen LogP contribution in [0.25, 0.3) is 11.4 Å². The van der Waals surface area contributed by atoms with E-state index in [1.165, 1.54) is 6.07 Å². The van der Waals surface area contributed by atoms with Gasteiger partial charge in [-0.2, -0.15) is 4.80 Å². The molecule has 0 N–H and O–H groups in total. The highest BCUT2D eigenvalue weighted by Crippen LogP contribution is 2.17. The van der Waals surface area contributed by atoms with Gasteiger partial charge in [-0.05, 0) is 42.8 Å². The molecule has 1 atom stereocenters. The molecule has 1 aliphatic rings. The highest BCUT2D eigenvalue weighted by atomic mass is 19.1. The van der Waals surface area contributed by atoms with Gasteiger partial charge < -0.3 is 4.74 Å². The summed E-state index contributed by atoms with van der Waals surface area (Å²) in [5.41, 5.74) is 1.36. The molecule has 2 aromatic rings. The van der Waals surface area contributed by atoms with Crippen molar-refractivity contribution in [3.63, 3.8) is 0 Å². The SMILES string of the molecule is Cc1cc(-c2nnn(CCN3CCOC(C)C3)n2)ccc1F. The molecule has 0 spiro atoms. The number of aryl methyl sites for hydroxylation is 1. The minimum absolute atomic E-state index is 0.224. The van der Waals surface area contributed by atoms with Crippen LogP contribution in [0.4, 0.5) is 4.39 Å². The summed E-state index contributed by atoms with van der Waals surface area (Å²) in [4.78, 5) is 3.92. The zero-order valence-electron chi connectivity index (χ0n) is 12.9. The van der Waals surface area contributed by atoms with E-state index in [0.717, 1.165) is 31.8 Å². The van der Waals surface area contributed by atoms with Gasteiger partial charge in [-0.25, -0.2) is 4.39 Å². The second-order valence-corrected chi connectivity index (χ2v) is 5.65. The second kappa shape index (κ2) is 6.50. The molecule has 1 aromatic carbocycles. The summed E-state index contributed by atoms with van der Waals surface area (Å²) in [6, 6.07) is 4.84. The lowest BCUT2D eigenvalue weighted by Crippen LogP contribution is -2.42. The van der Waals surface area contributed by atoms with Crippen molar-refractivity contribution in [2.24, 2.45) is 0 Å². The van der Waals surface area contributed by atoms with Crippen LogP contribution in [0.15, 0.2) is 18.2 Å². The lowest BCUT2D eigenvalue weighted by Gasteiger charge is -2.30. The third kappa shape index (κ3) is 3.48. The fourth-order valence-corrected chi connectivity index (χ4v) is 2.56. The minimum atomic E-state index is -0.224. The number of hydrogen-bond acceptors (Lipinski definition) is 5. The normalized spacial score (nSPS) is 19.5. The number of morpholine rings is 1. The molecule has 0 radical (unpaired) electrons. The molecule has 118 valence electrons. The van der Waals surface area contributed by atoms with Gasteiger partial charge in [0.1, 0.15) is 5.82 Å². The van der Waals surface area contributed by atoms with Crippen molar-refractivity contribution in [2.45, 2.75) is 26.5 Å². The zero-order valence-corrected chi connectivity index (χ0v) is 12.9. The highest BCUT2D eigenvalue weighted by Gasteiger charge is 2.16. The van der Waals surface area contributed by atoms with Gasteiger partial charge in [0.05, 0.1) is 19.3 Å². The van der Waals surface area contributed by atoms with Crippen molar-refractivity contribution in [1.82, 2.24) is 25.1 Å². The lowest BCUT2D eigenvalue weighted by molar-refractivity contribution is -0.0197. The van der Waals surface area contributed by atoms with Crippen molar-refractivity contribution in [1.29, 1.82) is 0 Å². The van der Waals surface area contributed by atoms with Crippen LogP contribution in [-0.2, 0) is 11.3 Å². The van der Waals surface area contributed by atoms with Crippen LogP contribution in [0.5, 0.6) is 0 Å². The first-order chi connectivity index (χ1) is 10.6. The Morgan fingerprint density at radius 3 is 3.00 bits per heavy atom. The van der Waals surface area contributed by atoms with Crippen LogP contribution >= 0.6 is 0 Å². The predicted octanol–water partition coefficient (Wildman–Crippen LogP) is 1.51. The summed E-state index contributed by atoms with van der Waals surface area (Å²) in [6.45, 7) is 7.98. The number of aromatic nitrogens is 4. The Kier molecular flexibility index (Phi) is 4.44. The summed E-state index contributed by atoms with van der Waals surface area (Å²) in [5, 5.41) is 12.5. The van der Waals surface area contributed by atoms with Gasteiger partial charge in [-0.1, -0.05) is 0 Å². The van der Waals surface area contributed by atoms with E-state index in [2.05, 4.69) is 27.2 Å². The summed E-state index contributed by atoms with van der Waals surface area (Å²) in [7, 11) is 0. The number of nitrogens with zero attached hydrogens (tertiary/aromatic N) is 5. The van der Waals surface area contributed by atoms with Gasteiger partial charge in [0, 0.05) is 25.2 Å². The first kappa shape index (κ1) is 15.1. The molecule has 0 bridgehead atoms. The average molecular weight is 305 g/mol. The number of halogens is 1. The molecule has 1 aliphatic heterocycles. The maximum absolute atomic E-state index is 13.3. The first-order valence-corrected chi connectivity index (χ1v) is 7.50. The van der Waals surface area contributed by atoms with Gasteiger partial charge >= 0.3 is 0 Å². The molecule has 0 amide bonds. The Hall–Kier alpha value is -1.86. The van der Waals surface area contributed by atoms with Crippen molar-refractivity contribution in [3.8, 4) is 11.4 Å². The van der Waals surface area contributed by atoms with Gasteiger partial charge in [-0.3, -0.25) is 4.90 Å². The maximum Gasteiger partial charge on any atom is 0.204 e. The van der Waals surface area contributed by atoms with Gasteiger partial charge in [0.15, 0.2) is 0 Å². The molecule has 2 heterocycles. The van der Waals surface area contributed by atoms with Crippen molar-refractivity contribution in [2.75, 3.05) is 26.2 Å². The van der Waals surface area contributed by atoms with Crippen LogP contribution in [-0.4, -0.2) is 57.5 Å². The van der Waals surface area contributed by atoms with Crippen molar-refractivity contribution < 1.29 is 9.13 Å². The van der Waals surface area contributed by atoms with Crippen LogP contribution in [0.3, 0.4) is 0 Å². The number of benzene rings is 1. The first-order valence-electron chi connectivity index (χ1n) is 7.50. The molecular weight excluding hydrogens is 285 g/mol. The molecule has 0 aliphatic carbocycles. The standard InChI is InChI=1S/C15H20FN5O/c1-11-9-13(3-4-14(11)16)15-17-19-21(18-15)6-5-20-7-8-22-12(2)10-20/h3-4,9,12H,5-8,10H2,1-2H3. The quantitative estimate of drug-likeness (QED) is 0.857. The van der Waals surface area contributed by atoms with Gasteiger partial charge in [-0.15, -0.1) is 10.2 Å². The molecule has 1 fully saturated rings. The third-order valence-electron chi connectivity index (χ3n) is 3.81. The molecule has 1 aromatic heterocycles. The smallest absolute Gasteiger partial charge is 0.204 e. The lowest BCUT2D eigenvalue weighted by atomic mass is 10.1. The Balaban J connectivity index is 1.62. The van der Waals surface area contributed by atoms with Crippen LogP contribution in [0, 0.1) is 12.7 Å². The average Bonchev–Trinajstić information content (AvgIpc) is 2.97. The van der Waals surface area contributed by atoms with E-state index in [1.54, 1.807) is 23.9 Å². The van der Waals surface area contributed by atoms with Crippen molar-refractivity contribution >= 4 is 0 Å². The van der Waals surface area contributed by atoms with Crippen LogP contribution < -0.4 is 0 Å². The van der Waals surface area contributed by atoms with Crippen molar-refractivity contribution in [3.05, 3.63) is 29.6 Å². The van der Waals surface area contributed by atoms with E-state index < -0.39 is 0 Å². The molecule has 6 nitrogen and oxygen atoms in total. The summed E-state index contributed by atoms with van der Waals surface area (Å²) < 4.78 is 18.8. The molecule has 3 rings (SSSR count). The Labute approximate surface area is 128 Å². The van der Waals surface area contributed by atoms with E-state index in [9.17, 15) is 4.39 Å². The summed E-state index contributed by atoms with van der Waals surface area (Å²) in [6.07, 6.45) is 0.273. The molecule has 7 heteroatoms. The number of tetrazole rings is 1. The molecule has 22 heavy (non-hydrogen) atoms. The highest BCUT2D eigenvalue weighted by molar-refractivity contribution is 5.54. The van der Waals surface area contributed by atoms with Crippen LogP contribution in [0.2, 0.25) is 0 Å².